The van der Waals surface area contributed by atoms with Crippen LogP contribution in [-0.4, -0.2) is 35.1 Å². The number of hydrogen-bond donors (Lipinski definition) is 4. The van der Waals surface area contributed by atoms with Crippen molar-refractivity contribution in [1.29, 1.82) is 0 Å². The number of rotatable bonds is 4. The van der Waals surface area contributed by atoms with Gasteiger partial charge in [0, 0.05) is 23.6 Å². The maximum atomic E-state index is 13.3. The molecule has 0 bridgehead atoms. The number of benzene rings is 2. The van der Waals surface area contributed by atoms with Crippen LogP contribution in [0.1, 0.15) is 10.4 Å². The SMILES string of the molecule is CNC(=O)c1c(-c2ccc(F)cc2)oc2cc(-c3[nH]c(=O)[nH]c3O)c(OC)cc12. The molecule has 2 aromatic carbocycles. The summed E-state index contributed by atoms with van der Waals surface area (Å²) in [6, 6.07) is 8.68. The van der Waals surface area contributed by atoms with E-state index in [-0.39, 0.29) is 22.9 Å². The van der Waals surface area contributed by atoms with Crippen molar-refractivity contribution in [2.24, 2.45) is 0 Å². The van der Waals surface area contributed by atoms with E-state index in [2.05, 4.69) is 15.3 Å². The highest BCUT2D eigenvalue weighted by molar-refractivity contribution is 6.12. The van der Waals surface area contributed by atoms with E-state index in [1.165, 1.54) is 38.4 Å². The van der Waals surface area contributed by atoms with Crippen molar-refractivity contribution in [3.63, 3.8) is 0 Å². The van der Waals surface area contributed by atoms with Crippen molar-refractivity contribution >= 4 is 16.9 Å². The Morgan fingerprint density at radius 3 is 2.52 bits per heavy atom. The van der Waals surface area contributed by atoms with E-state index in [0.29, 0.717) is 27.8 Å². The molecule has 1 amide bonds. The van der Waals surface area contributed by atoms with Gasteiger partial charge in [-0.2, -0.15) is 0 Å². The van der Waals surface area contributed by atoms with Crippen LogP contribution in [-0.2, 0) is 0 Å². The van der Waals surface area contributed by atoms with Gasteiger partial charge >= 0.3 is 5.69 Å². The zero-order valence-electron chi connectivity index (χ0n) is 15.4. The van der Waals surface area contributed by atoms with Crippen molar-refractivity contribution in [3.8, 4) is 34.2 Å². The van der Waals surface area contributed by atoms with Gasteiger partial charge in [0.15, 0.2) is 0 Å². The lowest BCUT2D eigenvalue weighted by molar-refractivity contribution is 0.0964. The maximum Gasteiger partial charge on any atom is 0.326 e. The lowest BCUT2D eigenvalue weighted by atomic mass is 10.0. The first kappa shape index (κ1) is 18.4. The van der Waals surface area contributed by atoms with Crippen LogP contribution >= 0.6 is 0 Å². The molecule has 0 fully saturated rings. The van der Waals surface area contributed by atoms with E-state index in [0.717, 1.165) is 0 Å². The Hall–Kier alpha value is -4.01. The second-order valence-corrected chi connectivity index (χ2v) is 6.24. The Bertz CT molecular complexity index is 1280. The molecule has 0 unspecified atom stereocenters. The van der Waals surface area contributed by atoms with Gasteiger partial charge in [0.1, 0.15) is 28.6 Å². The molecule has 9 heteroatoms. The fourth-order valence-corrected chi connectivity index (χ4v) is 3.21. The number of furan rings is 1. The molecular formula is C20H16FN3O5. The average Bonchev–Trinajstić information content (AvgIpc) is 3.25. The summed E-state index contributed by atoms with van der Waals surface area (Å²) in [6.07, 6.45) is 0. The summed E-state index contributed by atoms with van der Waals surface area (Å²) in [5.74, 6) is -0.604. The number of ether oxygens (including phenoxy) is 1. The molecule has 4 rings (SSSR count). The third-order valence-corrected chi connectivity index (χ3v) is 4.55. The fourth-order valence-electron chi connectivity index (χ4n) is 3.21. The fraction of sp³-hybridized carbons (Fsp3) is 0.100. The van der Waals surface area contributed by atoms with Gasteiger partial charge in [0.25, 0.3) is 5.91 Å². The minimum Gasteiger partial charge on any atom is -0.496 e. The highest BCUT2D eigenvalue weighted by atomic mass is 19.1. The number of carbonyl (C=O) groups is 1. The van der Waals surface area contributed by atoms with E-state index < -0.39 is 17.4 Å². The molecule has 8 nitrogen and oxygen atoms in total. The number of carbonyl (C=O) groups excluding carboxylic acids is 1. The van der Waals surface area contributed by atoms with Crippen molar-refractivity contribution in [3.05, 3.63) is 58.3 Å². The van der Waals surface area contributed by atoms with E-state index in [4.69, 9.17) is 9.15 Å². The third kappa shape index (κ3) is 3.02. The van der Waals surface area contributed by atoms with Gasteiger partial charge < -0.3 is 24.6 Å². The molecule has 0 aliphatic heterocycles. The van der Waals surface area contributed by atoms with Crippen LogP contribution < -0.4 is 15.7 Å². The monoisotopic (exact) mass is 397 g/mol. The van der Waals surface area contributed by atoms with Gasteiger partial charge in [-0.3, -0.25) is 9.78 Å². The molecular weight excluding hydrogens is 381 g/mol. The molecule has 2 aromatic heterocycles. The van der Waals surface area contributed by atoms with Crippen LogP contribution in [0.3, 0.4) is 0 Å². The number of aromatic nitrogens is 2. The molecule has 4 aromatic rings. The number of imidazole rings is 1. The zero-order chi connectivity index (χ0) is 20.7. The Labute approximate surface area is 162 Å². The lowest BCUT2D eigenvalue weighted by Gasteiger charge is -2.07. The van der Waals surface area contributed by atoms with Gasteiger partial charge in [-0.15, -0.1) is 0 Å². The Morgan fingerprint density at radius 2 is 1.93 bits per heavy atom. The first-order valence-corrected chi connectivity index (χ1v) is 8.57. The predicted molar refractivity (Wildman–Crippen MR) is 104 cm³/mol. The summed E-state index contributed by atoms with van der Waals surface area (Å²) in [6.45, 7) is 0. The number of aromatic amines is 2. The minimum absolute atomic E-state index is 0.120. The van der Waals surface area contributed by atoms with Crippen molar-refractivity contribution in [2.75, 3.05) is 14.2 Å². The topological polar surface area (TPSA) is 120 Å². The van der Waals surface area contributed by atoms with E-state index >= 15 is 0 Å². The van der Waals surface area contributed by atoms with Crippen LogP contribution in [0.25, 0.3) is 33.6 Å². The molecule has 0 aliphatic carbocycles. The van der Waals surface area contributed by atoms with Gasteiger partial charge in [0.05, 0.1) is 12.7 Å². The van der Waals surface area contributed by atoms with Crippen molar-refractivity contribution < 1.29 is 23.4 Å². The first-order chi connectivity index (χ1) is 13.9. The van der Waals surface area contributed by atoms with Gasteiger partial charge in [0.2, 0.25) is 5.88 Å². The van der Waals surface area contributed by atoms with E-state index in [1.807, 2.05) is 0 Å². The molecule has 4 N–H and O–H groups in total. The van der Waals surface area contributed by atoms with Gasteiger partial charge in [-0.05, 0) is 36.4 Å². The Morgan fingerprint density at radius 1 is 1.21 bits per heavy atom. The molecule has 29 heavy (non-hydrogen) atoms. The molecule has 0 aliphatic rings. The summed E-state index contributed by atoms with van der Waals surface area (Å²) in [4.78, 5) is 28.8. The third-order valence-electron chi connectivity index (χ3n) is 4.55. The predicted octanol–water partition coefficient (Wildman–Crippen LogP) is 3.00. The molecule has 2 heterocycles. The Balaban J connectivity index is 2.03. The smallest absolute Gasteiger partial charge is 0.326 e. The first-order valence-electron chi connectivity index (χ1n) is 8.57. The highest BCUT2D eigenvalue weighted by Gasteiger charge is 2.24. The number of halogens is 1. The number of nitrogens with one attached hydrogen (secondary N) is 3. The van der Waals surface area contributed by atoms with Crippen LogP contribution in [0.15, 0.2) is 45.6 Å². The largest absolute Gasteiger partial charge is 0.496 e. The van der Waals surface area contributed by atoms with Crippen LogP contribution in [0.5, 0.6) is 11.6 Å². The highest BCUT2D eigenvalue weighted by Crippen LogP contribution is 2.41. The lowest BCUT2D eigenvalue weighted by Crippen LogP contribution is -2.18. The number of aromatic hydroxyl groups is 1. The second kappa shape index (κ2) is 6.86. The van der Waals surface area contributed by atoms with Crippen LogP contribution in [0.2, 0.25) is 0 Å². The minimum atomic E-state index is -0.586. The van der Waals surface area contributed by atoms with Gasteiger partial charge in [-0.1, -0.05) is 0 Å². The molecule has 0 saturated carbocycles. The number of hydrogen-bond acceptors (Lipinski definition) is 5. The van der Waals surface area contributed by atoms with Gasteiger partial charge in [-0.25, -0.2) is 9.18 Å². The number of H-pyrrole nitrogens is 2. The molecule has 0 spiro atoms. The van der Waals surface area contributed by atoms with E-state index in [9.17, 15) is 19.1 Å². The van der Waals surface area contributed by atoms with E-state index in [1.54, 1.807) is 12.1 Å². The number of fused-ring (bicyclic) bond motifs is 1. The van der Waals surface area contributed by atoms with Crippen LogP contribution in [0, 0.1) is 5.82 Å². The molecule has 0 saturated heterocycles. The summed E-state index contributed by atoms with van der Waals surface area (Å²) in [5, 5.41) is 13.0. The Kier molecular flexibility index (Phi) is 4.34. The van der Waals surface area contributed by atoms with Crippen molar-refractivity contribution in [2.45, 2.75) is 0 Å². The summed E-state index contributed by atoms with van der Waals surface area (Å²) in [5.41, 5.74) is 0.983. The second-order valence-electron chi connectivity index (χ2n) is 6.24. The van der Waals surface area contributed by atoms with Crippen LogP contribution in [0.4, 0.5) is 4.39 Å². The number of methoxy groups -OCH3 is 1. The summed E-state index contributed by atoms with van der Waals surface area (Å²) < 4.78 is 24.7. The molecule has 0 atom stereocenters. The molecule has 148 valence electrons. The quantitative estimate of drug-likeness (QED) is 0.422. The molecule has 0 radical (unpaired) electrons. The van der Waals surface area contributed by atoms with Crippen molar-refractivity contribution in [1.82, 2.24) is 15.3 Å². The standard InChI is InChI=1S/C20H16FN3O5/c1-22-18(25)15-11-7-13(28-2)12(16-19(26)24-20(27)23-16)8-14(11)29-17(15)9-3-5-10(21)6-4-9/h3-8,26H,1-2H3,(H,22,25)(H2,23,24,27). The zero-order valence-corrected chi connectivity index (χ0v) is 15.4. The maximum absolute atomic E-state index is 13.3. The average molecular weight is 397 g/mol. The number of amides is 1. The normalized spacial score (nSPS) is 11.0. The summed E-state index contributed by atoms with van der Waals surface area (Å²) in [7, 11) is 2.91. The summed E-state index contributed by atoms with van der Waals surface area (Å²) >= 11 is 0.